The summed E-state index contributed by atoms with van der Waals surface area (Å²) in [7, 11) is 0. The van der Waals surface area contributed by atoms with Crippen molar-refractivity contribution in [3.8, 4) is 5.75 Å². The number of nitrogens with one attached hydrogen (secondary N) is 1. The molecule has 0 unspecified atom stereocenters. The van der Waals surface area contributed by atoms with Crippen LogP contribution in [0.3, 0.4) is 0 Å². The summed E-state index contributed by atoms with van der Waals surface area (Å²) in [6, 6.07) is 11.7. The normalized spacial score (nSPS) is 10.1. The number of hydrogen-bond donors (Lipinski definition) is 2. The fourth-order valence-electron chi connectivity index (χ4n) is 1.57. The van der Waals surface area contributed by atoms with Crippen molar-refractivity contribution < 1.29 is 5.11 Å². The summed E-state index contributed by atoms with van der Waals surface area (Å²) in [4.78, 5) is 10.4. The summed E-state index contributed by atoms with van der Waals surface area (Å²) in [6.45, 7) is 0.360. The van der Waals surface area contributed by atoms with Gasteiger partial charge in [-0.2, -0.15) is 0 Å². The molecule has 0 aliphatic carbocycles. The summed E-state index contributed by atoms with van der Waals surface area (Å²) in [5.41, 5.74) is 1.64. The second-order valence-electron chi connectivity index (χ2n) is 3.74. The van der Waals surface area contributed by atoms with Gasteiger partial charge in [-0.15, -0.1) is 4.91 Å². The maximum absolute atomic E-state index is 10.4. The van der Waals surface area contributed by atoms with Gasteiger partial charge in [0.25, 0.3) is 0 Å². The first-order chi connectivity index (χ1) is 8.70. The highest BCUT2D eigenvalue weighted by molar-refractivity contribution is 6.33. The van der Waals surface area contributed by atoms with E-state index in [0.29, 0.717) is 17.1 Å². The number of benzene rings is 2. The van der Waals surface area contributed by atoms with E-state index in [1.807, 2.05) is 18.2 Å². The minimum Gasteiger partial charge on any atom is -0.508 e. The van der Waals surface area contributed by atoms with Crippen molar-refractivity contribution in [1.82, 2.24) is 0 Å². The van der Waals surface area contributed by atoms with E-state index in [4.69, 9.17) is 11.6 Å². The third-order valence-electron chi connectivity index (χ3n) is 2.51. The molecule has 18 heavy (non-hydrogen) atoms. The Morgan fingerprint density at radius 3 is 2.72 bits per heavy atom. The Kier molecular flexibility index (Phi) is 3.79. The standard InChI is InChI=1S/C13H11ClN2O2/c14-11-3-1-2-4-12(11)15-8-9-7-10(16-18)5-6-13(9)17/h1-7,15,17H,8H2. The molecule has 5 heteroatoms. The predicted molar refractivity (Wildman–Crippen MR) is 72.3 cm³/mol. The van der Waals surface area contributed by atoms with Crippen LogP contribution in [0, 0.1) is 4.91 Å². The molecule has 2 aromatic carbocycles. The van der Waals surface area contributed by atoms with Crippen molar-refractivity contribution in [3.05, 3.63) is 58.0 Å². The van der Waals surface area contributed by atoms with E-state index in [-0.39, 0.29) is 11.4 Å². The molecule has 0 spiro atoms. The second kappa shape index (κ2) is 5.51. The van der Waals surface area contributed by atoms with Crippen molar-refractivity contribution in [2.45, 2.75) is 6.54 Å². The molecule has 0 radical (unpaired) electrons. The van der Waals surface area contributed by atoms with Crippen molar-refractivity contribution in [2.75, 3.05) is 5.32 Å². The average Bonchev–Trinajstić information content (AvgIpc) is 2.39. The molecule has 0 heterocycles. The molecular weight excluding hydrogens is 252 g/mol. The Hall–Kier alpha value is -2.07. The summed E-state index contributed by atoms with van der Waals surface area (Å²) >= 11 is 6.00. The third kappa shape index (κ3) is 2.78. The van der Waals surface area contributed by atoms with Crippen LogP contribution >= 0.6 is 11.6 Å². The Morgan fingerprint density at radius 2 is 2.00 bits per heavy atom. The molecule has 4 nitrogen and oxygen atoms in total. The van der Waals surface area contributed by atoms with E-state index in [2.05, 4.69) is 10.5 Å². The Bertz CT molecular complexity index is 573. The van der Waals surface area contributed by atoms with Crippen molar-refractivity contribution in [1.29, 1.82) is 0 Å². The highest BCUT2D eigenvalue weighted by atomic mass is 35.5. The molecular formula is C13H11ClN2O2. The first-order valence-electron chi connectivity index (χ1n) is 5.34. The summed E-state index contributed by atoms with van der Waals surface area (Å²) in [5, 5.41) is 16.2. The van der Waals surface area contributed by atoms with E-state index in [0.717, 1.165) is 5.69 Å². The van der Waals surface area contributed by atoms with Gasteiger partial charge in [0.05, 0.1) is 10.7 Å². The lowest BCUT2D eigenvalue weighted by atomic mass is 10.1. The number of halogens is 1. The Morgan fingerprint density at radius 1 is 1.22 bits per heavy atom. The van der Waals surface area contributed by atoms with Crippen LogP contribution in [0.1, 0.15) is 5.56 Å². The molecule has 0 aliphatic rings. The second-order valence-corrected chi connectivity index (χ2v) is 4.14. The molecule has 0 saturated carbocycles. The molecule has 0 bridgehead atoms. The van der Waals surface area contributed by atoms with Gasteiger partial charge in [0.15, 0.2) is 0 Å². The summed E-state index contributed by atoms with van der Waals surface area (Å²) in [5.74, 6) is 0.113. The van der Waals surface area contributed by atoms with Crippen LogP contribution in [0.5, 0.6) is 5.75 Å². The lowest BCUT2D eigenvalue weighted by molar-refractivity contribution is 0.469. The van der Waals surface area contributed by atoms with E-state index in [1.54, 1.807) is 6.07 Å². The topological polar surface area (TPSA) is 61.7 Å². The number of anilines is 1. The predicted octanol–water partition coefficient (Wildman–Crippen LogP) is 4.06. The van der Waals surface area contributed by atoms with E-state index in [9.17, 15) is 10.0 Å². The fourth-order valence-corrected chi connectivity index (χ4v) is 1.77. The Labute approximate surface area is 109 Å². The van der Waals surface area contributed by atoms with Crippen molar-refractivity contribution in [2.24, 2.45) is 5.18 Å². The number of hydrogen-bond acceptors (Lipinski definition) is 4. The SMILES string of the molecule is O=Nc1ccc(O)c(CNc2ccccc2Cl)c1. The van der Waals surface area contributed by atoms with Crippen LogP contribution in [-0.4, -0.2) is 5.11 Å². The molecule has 2 aromatic rings. The molecule has 0 aliphatic heterocycles. The molecule has 0 amide bonds. The van der Waals surface area contributed by atoms with Gasteiger partial charge in [0, 0.05) is 12.1 Å². The molecule has 0 atom stereocenters. The van der Waals surface area contributed by atoms with Crippen LogP contribution in [-0.2, 0) is 6.54 Å². The number of aromatic hydroxyl groups is 1. The third-order valence-corrected chi connectivity index (χ3v) is 2.84. The zero-order chi connectivity index (χ0) is 13.0. The van der Waals surface area contributed by atoms with Crippen molar-refractivity contribution >= 4 is 23.0 Å². The van der Waals surface area contributed by atoms with Gasteiger partial charge in [-0.1, -0.05) is 23.7 Å². The lowest BCUT2D eigenvalue weighted by Gasteiger charge is -2.09. The summed E-state index contributed by atoms with van der Waals surface area (Å²) < 4.78 is 0. The van der Waals surface area contributed by atoms with E-state index >= 15 is 0 Å². The van der Waals surface area contributed by atoms with Gasteiger partial charge in [-0.25, -0.2) is 0 Å². The largest absolute Gasteiger partial charge is 0.508 e. The number of nitrogens with zero attached hydrogens (tertiary/aromatic N) is 1. The number of phenolic OH excluding ortho intramolecular Hbond substituents is 1. The van der Waals surface area contributed by atoms with Gasteiger partial charge in [0.1, 0.15) is 11.4 Å². The number of nitroso groups, excluding NO2 is 1. The molecule has 0 saturated heterocycles. The lowest BCUT2D eigenvalue weighted by Crippen LogP contribution is -2.00. The van der Waals surface area contributed by atoms with Gasteiger partial charge in [-0.3, -0.25) is 0 Å². The van der Waals surface area contributed by atoms with Crippen molar-refractivity contribution in [3.63, 3.8) is 0 Å². The first kappa shape index (κ1) is 12.4. The first-order valence-corrected chi connectivity index (χ1v) is 5.72. The van der Waals surface area contributed by atoms with Gasteiger partial charge >= 0.3 is 0 Å². The molecule has 2 rings (SSSR count). The monoisotopic (exact) mass is 262 g/mol. The van der Waals surface area contributed by atoms with Gasteiger partial charge in [0.2, 0.25) is 0 Å². The molecule has 92 valence electrons. The van der Waals surface area contributed by atoms with Gasteiger partial charge < -0.3 is 10.4 Å². The highest BCUT2D eigenvalue weighted by Gasteiger charge is 2.04. The minimum atomic E-state index is 0.113. The maximum atomic E-state index is 10.4. The smallest absolute Gasteiger partial charge is 0.120 e. The minimum absolute atomic E-state index is 0.113. The molecule has 0 fully saturated rings. The van der Waals surface area contributed by atoms with Crippen LogP contribution in [0.25, 0.3) is 0 Å². The highest BCUT2D eigenvalue weighted by Crippen LogP contribution is 2.26. The number of phenols is 1. The zero-order valence-electron chi connectivity index (χ0n) is 9.43. The molecule has 0 aromatic heterocycles. The van der Waals surface area contributed by atoms with Crippen LogP contribution < -0.4 is 5.32 Å². The number of para-hydroxylation sites is 1. The number of rotatable bonds is 4. The van der Waals surface area contributed by atoms with Crippen LogP contribution in [0.15, 0.2) is 47.6 Å². The molecule has 2 N–H and O–H groups in total. The average molecular weight is 263 g/mol. The maximum Gasteiger partial charge on any atom is 0.120 e. The van der Waals surface area contributed by atoms with Gasteiger partial charge in [-0.05, 0) is 35.5 Å². The van der Waals surface area contributed by atoms with E-state index in [1.165, 1.54) is 18.2 Å². The van der Waals surface area contributed by atoms with E-state index < -0.39 is 0 Å². The quantitative estimate of drug-likeness (QED) is 0.817. The fraction of sp³-hybridized carbons (Fsp3) is 0.0769. The van der Waals surface area contributed by atoms with Crippen LogP contribution in [0.2, 0.25) is 5.02 Å². The summed E-state index contributed by atoms with van der Waals surface area (Å²) in [6.07, 6.45) is 0. The Balaban J connectivity index is 2.15. The van der Waals surface area contributed by atoms with Crippen LogP contribution in [0.4, 0.5) is 11.4 Å². The zero-order valence-corrected chi connectivity index (χ0v) is 10.2.